The van der Waals surface area contributed by atoms with Crippen LogP contribution >= 0.6 is 11.6 Å². The Morgan fingerprint density at radius 3 is 1.88 bits per heavy atom. The van der Waals surface area contributed by atoms with Crippen LogP contribution in [0.2, 0.25) is 0 Å². The minimum Gasteiger partial charge on any atom is -0.356 e. The van der Waals surface area contributed by atoms with Crippen LogP contribution in [0.4, 0.5) is 17.1 Å². The van der Waals surface area contributed by atoms with Crippen molar-refractivity contribution < 1.29 is 4.79 Å². The summed E-state index contributed by atoms with van der Waals surface area (Å²) in [5.41, 5.74) is 3.51. The van der Waals surface area contributed by atoms with E-state index in [0.717, 1.165) is 16.9 Å². The molecule has 0 aliphatic heterocycles. The molecule has 3 rings (SSSR count). The van der Waals surface area contributed by atoms with Gasteiger partial charge in [0.15, 0.2) is 0 Å². The van der Waals surface area contributed by atoms with E-state index in [1.54, 1.807) is 6.08 Å². The first kappa shape index (κ1) is 16.8. The maximum Gasteiger partial charge on any atom is 0.267 e. The molecule has 0 atom stereocenters. The Morgan fingerprint density at radius 2 is 1.24 bits per heavy atom. The number of para-hydroxylation sites is 1. The molecule has 1 amide bonds. The second-order valence-electron chi connectivity index (χ2n) is 5.43. The van der Waals surface area contributed by atoms with Crippen molar-refractivity contribution in [2.24, 2.45) is 0 Å². The van der Waals surface area contributed by atoms with Crippen molar-refractivity contribution in [2.45, 2.75) is 0 Å². The number of hydrogen-bond acceptors (Lipinski definition) is 2. The number of carbonyl (C=O) groups excluding carboxylic acids is 1. The normalized spacial score (nSPS) is 11.0. The first-order chi connectivity index (χ1) is 12.2. The molecular weight excluding hydrogens is 332 g/mol. The third-order valence-corrected chi connectivity index (χ3v) is 3.80. The molecule has 0 spiro atoms. The Balaban J connectivity index is 1.63. The molecule has 3 aromatic carbocycles. The van der Waals surface area contributed by atoms with Gasteiger partial charge in [-0.05, 0) is 48.0 Å². The standard InChI is InChI=1S/C21H17ClN2O/c22-20(15-16-7-3-1-4-8-16)21(25)24-19-13-11-18(12-14-19)23-17-9-5-2-6-10-17/h1-15,23H,(H,24,25). The van der Waals surface area contributed by atoms with Crippen LogP contribution in [0.15, 0.2) is 90.0 Å². The lowest BCUT2D eigenvalue weighted by molar-refractivity contribution is -0.112. The first-order valence-electron chi connectivity index (χ1n) is 7.86. The van der Waals surface area contributed by atoms with E-state index in [1.165, 1.54) is 0 Å². The van der Waals surface area contributed by atoms with Gasteiger partial charge in [0.2, 0.25) is 0 Å². The van der Waals surface area contributed by atoms with Gasteiger partial charge in [-0.3, -0.25) is 4.79 Å². The van der Waals surface area contributed by atoms with Crippen molar-refractivity contribution in [2.75, 3.05) is 10.6 Å². The lowest BCUT2D eigenvalue weighted by Crippen LogP contribution is -2.11. The number of benzene rings is 3. The van der Waals surface area contributed by atoms with Crippen molar-refractivity contribution in [1.82, 2.24) is 0 Å². The number of amides is 1. The van der Waals surface area contributed by atoms with Gasteiger partial charge in [-0.2, -0.15) is 0 Å². The van der Waals surface area contributed by atoms with Gasteiger partial charge < -0.3 is 10.6 Å². The van der Waals surface area contributed by atoms with Gasteiger partial charge in [-0.1, -0.05) is 60.1 Å². The smallest absolute Gasteiger partial charge is 0.267 e. The molecule has 3 nitrogen and oxygen atoms in total. The number of halogens is 1. The highest BCUT2D eigenvalue weighted by Gasteiger charge is 2.07. The Labute approximate surface area is 152 Å². The summed E-state index contributed by atoms with van der Waals surface area (Å²) in [6.45, 7) is 0. The van der Waals surface area contributed by atoms with E-state index in [1.807, 2.05) is 84.9 Å². The molecule has 0 aliphatic rings. The van der Waals surface area contributed by atoms with Gasteiger partial charge >= 0.3 is 0 Å². The van der Waals surface area contributed by atoms with E-state index in [2.05, 4.69) is 10.6 Å². The molecule has 0 saturated carbocycles. The average molecular weight is 349 g/mol. The van der Waals surface area contributed by atoms with Gasteiger partial charge in [0.05, 0.1) is 0 Å². The van der Waals surface area contributed by atoms with E-state index < -0.39 is 0 Å². The highest BCUT2D eigenvalue weighted by molar-refractivity contribution is 6.45. The summed E-state index contributed by atoms with van der Waals surface area (Å²) in [5.74, 6) is -0.339. The van der Waals surface area contributed by atoms with Crippen LogP contribution in [0.25, 0.3) is 6.08 Å². The maximum atomic E-state index is 12.2. The minimum absolute atomic E-state index is 0.137. The van der Waals surface area contributed by atoms with E-state index in [0.29, 0.717) is 5.69 Å². The van der Waals surface area contributed by atoms with Crippen LogP contribution in [0.1, 0.15) is 5.56 Å². The first-order valence-corrected chi connectivity index (χ1v) is 8.24. The van der Waals surface area contributed by atoms with Gasteiger partial charge in [0.25, 0.3) is 5.91 Å². The number of nitrogens with one attached hydrogen (secondary N) is 2. The van der Waals surface area contributed by atoms with E-state index >= 15 is 0 Å². The second-order valence-corrected chi connectivity index (χ2v) is 5.83. The highest BCUT2D eigenvalue weighted by Crippen LogP contribution is 2.20. The molecule has 0 heterocycles. The topological polar surface area (TPSA) is 41.1 Å². The molecule has 4 heteroatoms. The number of anilines is 3. The molecule has 0 aromatic heterocycles. The Morgan fingerprint density at radius 1 is 0.720 bits per heavy atom. The molecule has 25 heavy (non-hydrogen) atoms. The van der Waals surface area contributed by atoms with Crippen LogP contribution in [0.3, 0.4) is 0 Å². The number of rotatable bonds is 5. The number of hydrogen-bond donors (Lipinski definition) is 2. The second kappa shape index (κ2) is 8.18. The Bertz CT molecular complexity index is 859. The summed E-state index contributed by atoms with van der Waals surface area (Å²) < 4.78 is 0. The maximum absolute atomic E-state index is 12.2. The van der Waals surface area contributed by atoms with Gasteiger partial charge in [-0.15, -0.1) is 0 Å². The van der Waals surface area contributed by atoms with Crippen LogP contribution < -0.4 is 10.6 Å². The molecule has 3 aromatic rings. The number of carbonyl (C=O) groups is 1. The van der Waals surface area contributed by atoms with Crippen molar-refractivity contribution in [1.29, 1.82) is 0 Å². The molecule has 0 unspecified atom stereocenters. The summed E-state index contributed by atoms with van der Waals surface area (Å²) >= 11 is 6.09. The van der Waals surface area contributed by atoms with Gasteiger partial charge in [0.1, 0.15) is 5.03 Å². The van der Waals surface area contributed by atoms with Crippen LogP contribution in [0.5, 0.6) is 0 Å². The SMILES string of the molecule is O=C(Nc1ccc(Nc2ccccc2)cc1)C(Cl)=Cc1ccccc1. The van der Waals surface area contributed by atoms with E-state index in [9.17, 15) is 4.79 Å². The quantitative estimate of drug-likeness (QED) is 0.585. The van der Waals surface area contributed by atoms with E-state index in [-0.39, 0.29) is 10.9 Å². The molecule has 0 bridgehead atoms. The van der Waals surface area contributed by atoms with Gasteiger partial charge in [-0.25, -0.2) is 0 Å². The lowest BCUT2D eigenvalue weighted by atomic mass is 10.2. The molecular formula is C21H17ClN2O. The molecule has 124 valence electrons. The monoisotopic (exact) mass is 348 g/mol. The third kappa shape index (κ3) is 4.96. The summed E-state index contributed by atoms with van der Waals surface area (Å²) in [6.07, 6.45) is 1.64. The fourth-order valence-electron chi connectivity index (χ4n) is 2.28. The summed E-state index contributed by atoms with van der Waals surface area (Å²) in [4.78, 5) is 12.2. The van der Waals surface area contributed by atoms with Crippen molar-refractivity contribution in [3.8, 4) is 0 Å². The van der Waals surface area contributed by atoms with E-state index in [4.69, 9.17) is 11.6 Å². The van der Waals surface area contributed by atoms with Crippen molar-refractivity contribution in [3.05, 3.63) is 95.5 Å². The predicted molar refractivity (Wildman–Crippen MR) is 105 cm³/mol. The van der Waals surface area contributed by atoms with Crippen molar-refractivity contribution >= 4 is 40.6 Å². The van der Waals surface area contributed by atoms with Crippen LogP contribution in [0, 0.1) is 0 Å². The molecule has 2 N–H and O–H groups in total. The van der Waals surface area contributed by atoms with Crippen LogP contribution in [-0.4, -0.2) is 5.91 Å². The predicted octanol–water partition coefficient (Wildman–Crippen LogP) is 5.65. The summed E-state index contributed by atoms with van der Waals surface area (Å²) in [5, 5.41) is 6.21. The summed E-state index contributed by atoms with van der Waals surface area (Å²) in [6, 6.07) is 26.8. The lowest BCUT2D eigenvalue weighted by Gasteiger charge is -2.08. The van der Waals surface area contributed by atoms with Crippen molar-refractivity contribution in [3.63, 3.8) is 0 Å². The van der Waals surface area contributed by atoms with Gasteiger partial charge in [0, 0.05) is 17.1 Å². The van der Waals surface area contributed by atoms with Crippen LogP contribution in [-0.2, 0) is 4.79 Å². The zero-order valence-corrected chi connectivity index (χ0v) is 14.2. The largest absolute Gasteiger partial charge is 0.356 e. The zero-order valence-electron chi connectivity index (χ0n) is 13.4. The molecule has 0 aliphatic carbocycles. The molecule has 0 saturated heterocycles. The Hall–Kier alpha value is -3.04. The fourth-order valence-corrected chi connectivity index (χ4v) is 2.45. The molecule has 0 fully saturated rings. The fraction of sp³-hybridized carbons (Fsp3) is 0. The zero-order chi connectivity index (χ0) is 17.5. The third-order valence-electron chi connectivity index (χ3n) is 3.52. The minimum atomic E-state index is -0.339. The Kier molecular flexibility index (Phi) is 5.50. The highest BCUT2D eigenvalue weighted by atomic mass is 35.5. The molecule has 0 radical (unpaired) electrons. The summed E-state index contributed by atoms with van der Waals surface area (Å²) in [7, 11) is 0. The average Bonchev–Trinajstić information content (AvgIpc) is 2.65.